The Hall–Kier alpha value is -0.725. The molecule has 0 aliphatic rings. The topological polar surface area (TPSA) is 29.1 Å². The predicted octanol–water partition coefficient (Wildman–Crippen LogP) is 3.31. The Morgan fingerprint density at radius 3 is 2.53 bits per heavy atom. The first kappa shape index (κ1) is 16.3. The number of amides is 1. The minimum atomic E-state index is -0.0565. The summed E-state index contributed by atoms with van der Waals surface area (Å²) in [4.78, 5) is 11.0. The van der Waals surface area contributed by atoms with Gasteiger partial charge in [-0.3, -0.25) is 4.79 Å². The van der Waals surface area contributed by atoms with Crippen molar-refractivity contribution in [3.05, 3.63) is 12.7 Å². The Morgan fingerprint density at radius 1 is 1.35 bits per heavy atom. The van der Waals surface area contributed by atoms with Gasteiger partial charge in [-0.05, 0) is 12.5 Å². The first-order valence-electron chi connectivity index (χ1n) is 7.00. The highest BCUT2D eigenvalue weighted by molar-refractivity contribution is 6.39. The third-order valence-electron chi connectivity index (χ3n) is 3.04. The third kappa shape index (κ3) is 10.2. The van der Waals surface area contributed by atoms with Gasteiger partial charge in [0.15, 0.2) is 0 Å². The van der Waals surface area contributed by atoms with E-state index in [-0.39, 0.29) is 5.91 Å². The first-order chi connectivity index (χ1) is 8.10. The lowest BCUT2D eigenvalue weighted by Crippen LogP contribution is -2.22. The fourth-order valence-corrected chi connectivity index (χ4v) is 2.21. The summed E-state index contributed by atoms with van der Waals surface area (Å²) in [6.45, 7) is 11.1. The Bertz CT molecular complexity index is 216. The molecule has 0 bridgehead atoms. The molecule has 1 N–H and O–H groups in total. The maximum absolute atomic E-state index is 11.0. The summed E-state index contributed by atoms with van der Waals surface area (Å²) in [5, 5.41) is 2.84. The maximum atomic E-state index is 11.0. The zero-order valence-corrected chi connectivity index (χ0v) is 11.8. The van der Waals surface area contributed by atoms with Gasteiger partial charge in [0.05, 0.1) is 0 Å². The normalized spacial score (nSPS) is 12.2. The third-order valence-corrected chi connectivity index (χ3v) is 3.04. The van der Waals surface area contributed by atoms with Crippen LogP contribution in [0.1, 0.15) is 52.9 Å². The SMILES string of the molecule is C=CC(=O)NCCCC(BC(C)C)CCCC. The van der Waals surface area contributed by atoms with Crippen molar-refractivity contribution in [1.29, 1.82) is 0 Å². The molecule has 0 aromatic rings. The second-order valence-corrected chi connectivity index (χ2v) is 5.28. The average molecular weight is 237 g/mol. The van der Waals surface area contributed by atoms with E-state index in [4.69, 9.17) is 0 Å². The summed E-state index contributed by atoms with van der Waals surface area (Å²) in [6.07, 6.45) is 7.60. The van der Waals surface area contributed by atoms with E-state index in [9.17, 15) is 4.79 Å². The smallest absolute Gasteiger partial charge is 0.243 e. The summed E-state index contributed by atoms with van der Waals surface area (Å²) in [7, 11) is 1.31. The number of hydrogen-bond acceptors (Lipinski definition) is 1. The Balaban J connectivity index is 3.74. The molecule has 0 aromatic carbocycles. The number of unbranched alkanes of at least 4 members (excludes halogenated alkanes) is 1. The molecule has 98 valence electrons. The molecule has 1 atom stereocenters. The molecule has 1 amide bonds. The maximum Gasteiger partial charge on any atom is 0.243 e. The van der Waals surface area contributed by atoms with Crippen molar-refractivity contribution in [3.63, 3.8) is 0 Å². The molecule has 0 aliphatic heterocycles. The lowest BCUT2D eigenvalue weighted by molar-refractivity contribution is -0.116. The van der Waals surface area contributed by atoms with Gasteiger partial charge >= 0.3 is 0 Å². The highest BCUT2D eigenvalue weighted by Crippen LogP contribution is 2.23. The number of hydrogen-bond donors (Lipinski definition) is 1. The minimum absolute atomic E-state index is 0.0565. The molecule has 0 radical (unpaired) electrons. The molecule has 3 heteroatoms. The zero-order valence-electron chi connectivity index (χ0n) is 11.8. The molecule has 1 unspecified atom stereocenters. The second kappa shape index (κ2) is 10.4. The van der Waals surface area contributed by atoms with Crippen LogP contribution >= 0.6 is 0 Å². The molecule has 0 spiro atoms. The molecule has 0 fully saturated rings. The van der Waals surface area contributed by atoms with E-state index in [1.54, 1.807) is 0 Å². The van der Waals surface area contributed by atoms with Crippen molar-refractivity contribution >= 4 is 13.2 Å². The van der Waals surface area contributed by atoms with Gasteiger partial charge in [0.25, 0.3) is 0 Å². The summed E-state index contributed by atoms with van der Waals surface area (Å²) in [5.74, 6) is 1.55. The van der Waals surface area contributed by atoms with E-state index in [1.165, 1.54) is 39.0 Å². The van der Waals surface area contributed by atoms with Crippen LogP contribution in [0.2, 0.25) is 11.6 Å². The zero-order chi connectivity index (χ0) is 13.1. The fourth-order valence-electron chi connectivity index (χ4n) is 2.21. The minimum Gasteiger partial charge on any atom is -0.353 e. The van der Waals surface area contributed by atoms with Crippen LogP contribution in [0.15, 0.2) is 12.7 Å². The van der Waals surface area contributed by atoms with E-state index in [0.29, 0.717) is 0 Å². The van der Waals surface area contributed by atoms with Gasteiger partial charge in [0.1, 0.15) is 7.28 Å². The van der Waals surface area contributed by atoms with Gasteiger partial charge in [-0.25, -0.2) is 0 Å². The van der Waals surface area contributed by atoms with Crippen molar-refractivity contribution < 1.29 is 4.79 Å². The standard InChI is InChI=1S/C14H28BNO/c1-5-7-9-13(15-12(3)4)10-8-11-16-14(17)6-2/h6,12-13,15H,2,5,7-11H2,1,3-4H3,(H,16,17). The quantitative estimate of drug-likeness (QED) is 0.352. The van der Waals surface area contributed by atoms with Crippen LogP contribution in [-0.2, 0) is 4.79 Å². The largest absolute Gasteiger partial charge is 0.353 e. The molecule has 0 rings (SSSR count). The van der Waals surface area contributed by atoms with Crippen LogP contribution in [0.3, 0.4) is 0 Å². The van der Waals surface area contributed by atoms with Gasteiger partial charge in [-0.15, -0.1) is 0 Å². The molecule has 0 aliphatic carbocycles. The van der Waals surface area contributed by atoms with Gasteiger partial charge in [0, 0.05) is 6.54 Å². The molecule has 2 nitrogen and oxygen atoms in total. The Kier molecular flexibility index (Phi) is 9.99. The monoisotopic (exact) mass is 237 g/mol. The van der Waals surface area contributed by atoms with Crippen LogP contribution in [0, 0.1) is 0 Å². The van der Waals surface area contributed by atoms with Gasteiger partial charge in [-0.1, -0.05) is 64.7 Å². The first-order valence-corrected chi connectivity index (χ1v) is 7.00. The molecule has 0 saturated carbocycles. The van der Waals surface area contributed by atoms with Gasteiger partial charge in [0.2, 0.25) is 5.91 Å². The average Bonchev–Trinajstić information content (AvgIpc) is 2.30. The van der Waals surface area contributed by atoms with Gasteiger partial charge in [-0.2, -0.15) is 0 Å². The molecule has 0 saturated heterocycles. The van der Waals surface area contributed by atoms with Crippen LogP contribution in [0.25, 0.3) is 0 Å². The number of carbonyl (C=O) groups is 1. The van der Waals surface area contributed by atoms with E-state index in [2.05, 4.69) is 32.7 Å². The van der Waals surface area contributed by atoms with Crippen molar-refractivity contribution in [3.8, 4) is 0 Å². The van der Waals surface area contributed by atoms with E-state index >= 15 is 0 Å². The summed E-state index contributed by atoms with van der Waals surface area (Å²) >= 11 is 0. The second-order valence-electron chi connectivity index (χ2n) is 5.28. The number of rotatable bonds is 10. The van der Waals surface area contributed by atoms with Crippen LogP contribution in [-0.4, -0.2) is 19.7 Å². The molecule has 0 heterocycles. The molecule has 17 heavy (non-hydrogen) atoms. The van der Waals surface area contributed by atoms with Crippen LogP contribution < -0.4 is 5.32 Å². The highest BCUT2D eigenvalue weighted by atomic mass is 16.1. The summed E-state index contributed by atoms with van der Waals surface area (Å²) < 4.78 is 0. The summed E-state index contributed by atoms with van der Waals surface area (Å²) in [5.41, 5.74) is 0. The van der Waals surface area contributed by atoms with Gasteiger partial charge < -0.3 is 5.32 Å². The van der Waals surface area contributed by atoms with Crippen molar-refractivity contribution in [2.45, 2.75) is 64.5 Å². The van der Waals surface area contributed by atoms with Crippen molar-refractivity contribution in [1.82, 2.24) is 5.32 Å². The molecule has 0 aromatic heterocycles. The highest BCUT2D eigenvalue weighted by Gasteiger charge is 2.12. The van der Waals surface area contributed by atoms with Crippen LogP contribution in [0.4, 0.5) is 0 Å². The predicted molar refractivity (Wildman–Crippen MR) is 78.0 cm³/mol. The lowest BCUT2D eigenvalue weighted by atomic mass is 9.53. The molecular weight excluding hydrogens is 209 g/mol. The number of nitrogens with one attached hydrogen (secondary N) is 1. The Labute approximate surface area is 107 Å². The summed E-state index contributed by atoms with van der Waals surface area (Å²) in [6, 6.07) is 0. The molecular formula is C14H28BNO. The van der Waals surface area contributed by atoms with Crippen molar-refractivity contribution in [2.24, 2.45) is 0 Å². The van der Waals surface area contributed by atoms with Crippen molar-refractivity contribution in [2.75, 3.05) is 6.54 Å². The Morgan fingerprint density at radius 2 is 2.00 bits per heavy atom. The van der Waals surface area contributed by atoms with E-state index in [1.807, 2.05) is 0 Å². The lowest BCUT2D eigenvalue weighted by Gasteiger charge is -2.17. The van der Waals surface area contributed by atoms with E-state index < -0.39 is 0 Å². The fraction of sp³-hybridized carbons (Fsp3) is 0.786. The number of carbonyl (C=O) groups excluding carboxylic acids is 1. The van der Waals surface area contributed by atoms with E-state index in [0.717, 1.165) is 24.6 Å². The van der Waals surface area contributed by atoms with Crippen LogP contribution in [0.5, 0.6) is 0 Å².